The van der Waals surface area contributed by atoms with Gasteiger partial charge in [0.1, 0.15) is 23.5 Å². The molecule has 1 unspecified atom stereocenters. The summed E-state index contributed by atoms with van der Waals surface area (Å²) in [5.74, 6) is 0.859. The molecule has 3 heterocycles. The predicted octanol–water partition coefficient (Wildman–Crippen LogP) is 3.23. The van der Waals surface area contributed by atoms with Crippen molar-refractivity contribution in [2.45, 2.75) is 44.8 Å². The highest BCUT2D eigenvalue weighted by Crippen LogP contribution is 2.62. The van der Waals surface area contributed by atoms with Crippen molar-refractivity contribution >= 4 is 12.1 Å². The van der Waals surface area contributed by atoms with Crippen LogP contribution in [0.2, 0.25) is 0 Å². The van der Waals surface area contributed by atoms with Gasteiger partial charge in [-0.3, -0.25) is 0 Å². The second kappa shape index (κ2) is 5.49. The van der Waals surface area contributed by atoms with Gasteiger partial charge in [-0.2, -0.15) is 0 Å². The third-order valence-electron chi connectivity index (χ3n) is 5.95. The number of nitrogens with zero attached hydrogens (tertiary/aromatic N) is 1. The highest BCUT2D eigenvalue weighted by Gasteiger charge is 2.71. The Morgan fingerprint density at radius 3 is 2.64 bits per heavy atom. The Hall–Kier alpha value is -2.01. The lowest BCUT2D eigenvalue weighted by Gasteiger charge is -2.61. The minimum atomic E-state index is -0.555. The van der Waals surface area contributed by atoms with E-state index in [1.54, 1.807) is 0 Å². The number of benzene rings is 1. The van der Waals surface area contributed by atoms with Crippen LogP contribution in [0.5, 0.6) is 5.75 Å². The van der Waals surface area contributed by atoms with Gasteiger partial charge in [0.05, 0.1) is 18.6 Å². The lowest BCUT2D eigenvalue weighted by Crippen LogP contribution is -2.71. The highest BCUT2D eigenvalue weighted by molar-refractivity contribution is 5.75. The van der Waals surface area contributed by atoms with Crippen LogP contribution < -0.4 is 10.5 Å². The maximum atomic E-state index is 6.41. The van der Waals surface area contributed by atoms with Gasteiger partial charge in [0.2, 0.25) is 0 Å². The number of nitrogens with two attached hydrogens (primary N) is 1. The number of unbranched alkanes of at least 4 members (excludes halogenated alkanes) is 1. The smallest absolute Gasteiger partial charge is 0.283 e. The Morgan fingerprint density at radius 2 is 2.04 bits per heavy atom. The molecule has 1 saturated heterocycles. The van der Waals surface area contributed by atoms with E-state index in [4.69, 9.17) is 24.9 Å². The van der Waals surface area contributed by atoms with Crippen LogP contribution in [-0.4, -0.2) is 31.4 Å². The molecule has 5 heteroatoms. The van der Waals surface area contributed by atoms with E-state index in [1.807, 2.05) is 6.07 Å². The number of ether oxygens (including phenoxy) is 3. The molecule has 134 valence electrons. The SMILES string of the molecule is CCCC=Cc1ccc2c(c1)C1(COC(N)=N1)C1(COC1)C(C)(C)O2. The van der Waals surface area contributed by atoms with Crippen molar-refractivity contribution in [2.24, 2.45) is 16.1 Å². The number of rotatable bonds is 3. The Morgan fingerprint density at radius 1 is 1.24 bits per heavy atom. The van der Waals surface area contributed by atoms with Crippen LogP contribution in [0.25, 0.3) is 6.08 Å². The first kappa shape index (κ1) is 16.5. The van der Waals surface area contributed by atoms with Crippen molar-refractivity contribution in [3.8, 4) is 5.75 Å². The van der Waals surface area contributed by atoms with E-state index in [0.717, 1.165) is 29.7 Å². The predicted molar refractivity (Wildman–Crippen MR) is 97.6 cm³/mol. The first-order valence-corrected chi connectivity index (χ1v) is 9.00. The van der Waals surface area contributed by atoms with Gasteiger partial charge in [-0.25, -0.2) is 4.99 Å². The molecule has 4 rings (SSSR count). The topological polar surface area (TPSA) is 66.1 Å². The molecule has 0 aromatic heterocycles. The second-order valence-electron chi connectivity index (χ2n) is 7.73. The third-order valence-corrected chi connectivity index (χ3v) is 5.95. The monoisotopic (exact) mass is 342 g/mol. The van der Waals surface area contributed by atoms with Crippen LogP contribution in [-0.2, 0) is 15.0 Å². The maximum absolute atomic E-state index is 6.41. The molecular formula is C20H26N2O3. The van der Waals surface area contributed by atoms with E-state index in [9.17, 15) is 0 Å². The van der Waals surface area contributed by atoms with Crippen molar-refractivity contribution in [2.75, 3.05) is 19.8 Å². The first-order chi connectivity index (χ1) is 11.9. The normalized spacial score (nSPS) is 28.4. The van der Waals surface area contributed by atoms with Gasteiger partial charge in [0.25, 0.3) is 6.02 Å². The molecule has 0 radical (unpaired) electrons. The van der Waals surface area contributed by atoms with E-state index in [0.29, 0.717) is 19.8 Å². The number of hydrogen-bond acceptors (Lipinski definition) is 5. The fraction of sp³-hybridized carbons (Fsp3) is 0.550. The fourth-order valence-electron chi connectivity index (χ4n) is 4.28. The molecule has 2 spiro atoms. The Bertz CT molecular complexity index is 749. The number of aliphatic imine (C=N–C) groups is 1. The molecule has 5 nitrogen and oxygen atoms in total. The van der Waals surface area contributed by atoms with Crippen LogP contribution in [0.3, 0.4) is 0 Å². The Kier molecular flexibility index (Phi) is 3.62. The molecule has 1 fully saturated rings. The lowest BCUT2D eigenvalue weighted by atomic mass is 9.55. The summed E-state index contributed by atoms with van der Waals surface area (Å²) >= 11 is 0. The molecule has 1 aromatic rings. The third kappa shape index (κ3) is 2.15. The fourth-order valence-corrected chi connectivity index (χ4v) is 4.28. The van der Waals surface area contributed by atoms with Crippen LogP contribution >= 0.6 is 0 Å². The number of fused-ring (bicyclic) bond motifs is 3. The zero-order chi connectivity index (χ0) is 17.7. The summed E-state index contributed by atoms with van der Waals surface area (Å²) in [6.07, 6.45) is 6.56. The van der Waals surface area contributed by atoms with Gasteiger partial charge in [-0.05, 0) is 38.0 Å². The molecule has 0 amide bonds. The van der Waals surface area contributed by atoms with Crippen molar-refractivity contribution in [3.05, 3.63) is 35.4 Å². The van der Waals surface area contributed by atoms with Crippen molar-refractivity contribution in [3.63, 3.8) is 0 Å². The second-order valence-corrected chi connectivity index (χ2v) is 7.73. The summed E-state index contributed by atoms with van der Waals surface area (Å²) in [6, 6.07) is 6.55. The average Bonchev–Trinajstić information content (AvgIpc) is 2.89. The molecular weight excluding hydrogens is 316 g/mol. The van der Waals surface area contributed by atoms with Gasteiger partial charge in [-0.1, -0.05) is 31.6 Å². The first-order valence-electron chi connectivity index (χ1n) is 9.00. The number of hydrogen-bond donors (Lipinski definition) is 1. The summed E-state index contributed by atoms with van der Waals surface area (Å²) in [5, 5.41) is 0. The van der Waals surface area contributed by atoms with E-state index in [-0.39, 0.29) is 11.4 Å². The molecule has 3 aliphatic rings. The summed E-state index contributed by atoms with van der Waals surface area (Å²) in [7, 11) is 0. The largest absolute Gasteiger partial charge is 0.487 e. The molecule has 0 bridgehead atoms. The van der Waals surface area contributed by atoms with Crippen LogP contribution in [0.15, 0.2) is 29.3 Å². The molecule has 25 heavy (non-hydrogen) atoms. The molecule has 1 aromatic carbocycles. The lowest BCUT2D eigenvalue weighted by molar-refractivity contribution is -0.247. The van der Waals surface area contributed by atoms with Crippen molar-refractivity contribution in [1.82, 2.24) is 0 Å². The van der Waals surface area contributed by atoms with Crippen LogP contribution in [0.1, 0.15) is 44.7 Å². The van der Waals surface area contributed by atoms with Gasteiger partial charge in [-0.15, -0.1) is 0 Å². The molecule has 2 N–H and O–H groups in total. The molecule has 0 saturated carbocycles. The van der Waals surface area contributed by atoms with Gasteiger partial charge in [0.15, 0.2) is 0 Å². The summed E-state index contributed by atoms with van der Waals surface area (Å²) in [5.41, 5.74) is 6.90. The van der Waals surface area contributed by atoms with E-state index in [2.05, 4.69) is 45.1 Å². The molecule has 3 aliphatic heterocycles. The van der Waals surface area contributed by atoms with E-state index >= 15 is 0 Å². The molecule has 0 aliphatic carbocycles. The van der Waals surface area contributed by atoms with E-state index < -0.39 is 11.1 Å². The summed E-state index contributed by atoms with van der Waals surface area (Å²) in [4.78, 5) is 4.82. The number of amidine groups is 1. The minimum absolute atomic E-state index is 0.252. The quantitative estimate of drug-likeness (QED) is 0.916. The van der Waals surface area contributed by atoms with Crippen LogP contribution in [0.4, 0.5) is 0 Å². The summed E-state index contributed by atoms with van der Waals surface area (Å²) < 4.78 is 17.7. The van der Waals surface area contributed by atoms with E-state index in [1.165, 1.54) is 0 Å². The maximum Gasteiger partial charge on any atom is 0.283 e. The average molecular weight is 342 g/mol. The van der Waals surface area contributed by atoms with Gasteiger partial charge in [0, 0.05) is 5.56 Å². The highest BCUT2D eigenvalue weighted by atomic mass is 16.5. The van der Waals surface area contributed by atoms with Gasteiger partial charge >= 0.3 is 0 Å². The zero-order valence-electron chi connectivity index (χ0n) is 15.2. The Balaban J connectivity index is 1.87. The minimum Gasteiger partial charge on any atom is -0.487 e. The van der Waals surface area contributed by atoms with Crippen molar-refractivity contribution < 1.29 is 14.2 Å². The number of allylic oxidation sites excluding steroid dienone is 1. The van der Waals surface area contributed by atoms with Crippen LogP contribution in [0, 0.1) is 5.41 Å². The summed E-state index contributed by atoms with van der Waals surface area (Å²) in [6.45, 7) is 8.02. The standard InChI is InChI=1S/C20H26N2O3/c1-4-5-6-7-14-8-9-16-15(10-14)20(13-24-17(21)22-20)19(11-23-12-19)18(2,3)25-16/h6-10H,4-5,11-13H2,1-3H3,(H2,21,22). The van der Waals surface area contributed by atoms with Crippen molar-refractivity contribution in [1.29, 1.82) is 0 Å². The van der Waals surface area contributed by atoms with Gasteiger partial charge < -0.3 is 19.9 Å². The Labute approximate surface area is 148 Å². The zero-order valence-corrected chi connectivity index (χ0v) is 15.2. The molecule has 1 atom stereocenters.